The maximum Gasteiger partial charge on any atom is 0.212 e. The van der Waals surface area contributed by atoms with Gasteiger partial charge in [-0.2, -0.15) is 0 Å². The number of rotatable bonds is 4. The van der Waals surface area contributed by atoms with Crippen molar-refractivity contribution < 1.29 is 12.8 Å². The Balaban J connectivity index is 1.83. The second kappa shape index (κ2) is 8.33. The van der Waals surface area contributed by atoms with Gasteiger partial charge in [-0.3, -0.25) is 4.79 Å². The number of nitrogens with zero attached hydrogens (tertiary/aromatic N) is 3. The number of benzene rings is 2. The van der Waals surface area contributed by atoms with Crippen molar-refractivity contribution in [1.82, 2.24) is 9.47 Å². The van der Waals surface area contributed by atoms with E-state index in [1.54, 1.807) is 36.7 Å². The maximum absolute atomic E-state index is 15.1. The molecule has 2 aromatic carbocycles. The van der Waals surface area contributed by atoms with Crippen molar-refractivity contribution in [3.63, 3.8) is 0 Å². The van der Waals surface area contributed by atoms with E-state index in [9.17, 15) is 13.2 Å². The number of likely N-dealkylation sites (N-methyl/N-ethyl adjacent to an activating group) is 1. The molecule has 2 heterocycles. The normalized spacial score (nSPS) is 15.5. The standard InChI is InChI=1S/C24H28FN3O3S/c1-5-27-8-10-28(11-9-27)21-14-20-18(13-19(21)25)24(29)23(15-26(20)4)32(30,31)22-7-6-16(2)12-17(22)3/h6-7,12-15H,5,8-11H2,1-4H3. The lowest BCUT2D eigenvalue weighted by Gasteiger charge is -2.35. The van der Waals surface area contributed by atoms with Crippen LogP contribution in [0.5, 0.6) is 0 Å². The molecule has 32 heavy (non-hydrogen) atoms. The first-order valence-electron chi connectivity index (χ1n) is 10.8. The molecule has 4 rings (SSSR count). The Hall–Kier alpha value is -2.71. The van der Waals surface area contributed by atoms with Crippen molar-refractivity contribution >= 4 is 26.4 Å². The molecule has 0 spiro atoms. The zero-order valence-electron chi connectivity index (χ0n) is 18.9. The van der Waals surface area contributed by atoms with Crippen molar-refractivity contribution in [2.75, 3.05) is 37.6 Å². The topological polar surface area (TPSA) is 62.6 Å². The van der Waals surface area contributed by atoms with Gasteiger partial charge in [0.2, 0.25) is 15.3 Å². The fourth-order valence-corrected chi connectivity index (χ4v) is 6.04. The molecule has 1 saturated heterocycles. The minimum atomic E-state index is -4.06. The highest BCUT2D eigenvalue weighted by Gasteiger charge is 2.26. The van der Waals surface area contributed by atoms with Crippen LogP contribution in [0.2, 0.25) is 0 Å². The summed E-state index contributed by atoms with van der Waals surface area (Å²) in [7, 11) is -2.38. The Kier molecular flexibility index (Phi) is 5.85. The first kappa shape index (κ1) is 22.5. The summed E-state index contributed by atoms with van der Waals surface area (Å²) in [6.45, 7) is 9.73. The Morgan fingerprint density at radius 1 is 1.00 bits per heavy atom. The van der Waals surface area contributed by atoms with Gasteiger partial charge in [-0.25, -0.2) is 12.8 Å². The molecule has 0 atom stereocenters. The first-order valence-corrected chi connectivity index (χ1v) is 12.2. The molecule has 0 radical (unpaired) electrons. The van der Waals surface area contributed by atoms with Gasteiger partial charge >= 0.3 is 0 Å². The number of anilines is 1. The van der Waals surface area contributed by atoms with E-state index in [1.165, 1.54) is 18.3 Å². The van der Waals surface area contributed by atoms with Crippen molar-refractivity contribution in [3.05, 3.63) is 63.7 Å². The molecule has 1 aliphatic rings. The van der Waals surface area contributed by atoms with E-state index < -0.39 is 21.1 Å². The van der Waals surface area contributed by atoms with E-state index in [0.717, 1.165) is 25.2 Å². The van der Waals surface area contributed by atoms with Gasteiger partial charge < -0.3 is 14.4 Å². The zero-order chi connectivity index (χ0) is 23.2. The van der Waals surface area contributed by atoms with Crippen molar-refractivity contribution in [2.24, 2.45) is 7.05 Å². The zero-order valence-corrected chi connectivity index (χ0v) is 19.7. The second-order valence-electron chi connectivity index (χ2n) is 8.45. The highest BCUT2D eigenvalue weighted by Crippen LogP contribution is 2.28. The summed E-state index contributed by atoms with van der Waals surface area (Å²) in [5.41, 5.74) is 1.76. The molecule has 0 N–H and O–H groups in total. The Morgan fingerprint density at radius 3 is 2.31 bits per heavy atom. The van der Waals surface area contributed by atoms with Crippen LogP contribution in [0.4, 0.5) is 10.1 Å². The van der Waals surface area contributed by atoms with Gasteiger partial charge in [0.05, 0.1) is 21.5 Å². The monoisotopic (exact) mass is 457 g/mol. The lowest BCUT2D eigenvalue weighted by atomic mass is 10.1. The molecule has 0 saturated carbocycles. The predicted molar refractivity (Wildman–Crippen MR) is 125 cm³/mol. The third-order valence-electron chi connectivity index (χ3n) is 6.29. The van der Waals surface area contributed by atoms with E-state index in [2.05, 4.69) is 11.8 Å². The van der Waals surface area contributed by atoms with Crippen LogP contribution in [0, 0.1) is 19.7 Å². The number of halogens is 1. The third kappa shape index (κ3) is 3.82. The average Bonchev–Trinajstić information content (AvgIpc) is 2.75. The van der Waals surface area contributed by atoms with Crippen LogP contribution in [-0.2, 0) is 16.9 Å². The minimum Gasteiger partial charge on any atom is -0.367 e. The summed E-state index contributed by atoms with van der Waals surface area (Å²) in [4.78, 5) is 17.2. The number of pyridine rings is 1. The van der Waals surface area contributed by atoms with Crippen LogP contribution in [0.1, 0.15) is 18.1 Å². The molecule has 6 nitrogen and oxygen atoms in total. The molecule has 1 aromatic heterocycles. The van der Waals surface area contributed by atoms with Gasteiger partial charge in [-0.05, 0) is 44.2 Å². The smallest absolute Gasteiger partial charge is 0.212 e. The summed E-state index contributed by atoms with van der Waals surface area (Å²) in [6, 6.07) is 7.82. The van der Waals surface area contributed by atoms with Gasteiger partial charge in [-0.15, -0.1) is 0 Å². The molecule has 0 amide bonds. The molecule has 1 fully saturated rings. The largest absolute Gasteiger partial charge is 0.367 e. The van der Waals surface area contributed by atoms with Crippen LogP contribution >= 0.6 is 0 Å². The number of hydrogen-bond acceptors (Lipinski definition) is 5. The quantitative estimate of drug-likeness (QED) is 0.602. The fourth-order valence-electron chi connectivity index (χ4n) is 4.42. The van der Waals surface area contributed by atoms with Gasteiger partial charge in [0, 0.05) is 39.4 Å². The lowest BCUT2D eigenvalue weighted by molar-refractivity contribution is 0.270. The number of hydrogen-bond donors (Lipinski definition) is 0. The molecule has 0 unspecified atom stereocenters. The van der Waals surface area contributed by atoms with Gasteiger partial charge in [-0.1, -0.05) is 24.6 Å². The van der Waals surface area contributed by atoms with Crippen LogP contribution in [0.25, 0.3) is 10.9 Å². The van der Waals surface area contributed by atoms with Crippen molar-refractivity contribution in [3.8, 4) is 0 Å². The van der Waals surface area contributed by atoms with E-state index >= 15 is 4.39 Å². The number of aromatic nitrogens is 1. The highest BCUT2D eigenvalue weighted by atomic mass is 32.2. The van der Waals surface area contributed by atoms with Crippen LogP contribution in [0.3, 0.4) is 0 Å². The van der Waals surface area contributed by atoms with Gasteiger partial charge in [0.1, 0.15) is 10.7 Å². The summed E-state index contributed by atoms with van der Waals surface area (Å²) in [5.74, 6) is -0.513. The Morgan fingerprint density at radius 2 is 1.69 bits per heavy atom. The van der Waals surface area contributed by atoms with E-state index in [4.69, 9.17) is 0 Å². The Labute approximate surface area is 187 Å². The number of fused-ring (bicyclic) bond motifs is 1. The predicted octanol–water partition coefficient (Wildman–Crippen LogP) is 3.27. The number of aryl methyl sites for hydroxylation is 3. The second-order valence-corrected chi connectivity index (χ2v) is 10.3. The molecule has 8 heteroatoms. The third-order valence-corrected chi connectivity index (χ3v) is 8.20. The van der Waals surface area contributed by atoms with Crippen molar-refractivity contribution in [2.45, 2.75) is 30.6 Å². The fraction of sp³-hybridized carbons (Fsp3) is 0.375. The number of piperazine rings is 1. The van der Waals surface area contributed by atoms with Gasteiger partial charge in [0.15, 0.2) is 0 Å². The number of sulfone groups is 1. The average molecular weight is 458 g/mol. The van der Waals surface area contributed by atoms with E-state index in [1.807, 2.05) is 11.8 Å². The molecule has 0 bridgehead atoms. The Bertz CT molecular complexity index is 1360. The molecule has 3 aromatic rings. The summed E-state index contributed by atoms with van der Waals surface area (Å²) in [6.07, 6.45) is 1.34. The van der Waals surface area contributed by atoms with E-state index in [-0.39, 0.29) is 15.2 Å². The SMILES string of the molecule is CCN1CCN(c2cc3c(cc2F)c(=O)c(S(=O)(=O)c2ccc(C)cc2C)cn3C)CC1. The van der Waals surface area contributed by atoms with Crippen LogP contribution in [0.15, 0.2) is 51.1 Å². The van der Waals surface area contributed by atoms with Crippen LogP contribution in [-0.4, -0.2) is 50.6 Å². The highest BCUT2D eigenvalue weighted by molar-refractivity contribution is 7.91. The van der Waals surface area contributed by atoms with Crippen molar-refractivity contribution in [1.29, 1.82) is 0 Å². The molecule has 0 aliphatic carbocycles. The summed E-state index contributed by atoms with van der Waals surface area (Å²) >= 11 is 0. The molecule has 1 aliphatic heterocycles. The first-order chi connectivity index (χ1) is 15.1. The summed E-state index contributed by atoms with van der Waals surface area (Å²) in [5, 5.41) is 0.0618. The molecular weight excluding hydrogens is 429 g/mol. The minimum absolute atomic E-state index is 0.0618. The molecular formula is C24H28FN3O3S. The van der Waals surface area contributed by atoms with Gasteiger partial charge in [0.25, 0.3) is 0 Å². The summed E-state index contributed by atoms with van der Waals surface area (Å²) < 4.78 is 43.3. The van der Waals surface area contributed by atoms with Crippen LogP contribution < -0.4 is 10.3 Å². The lowest BCUT2D eigenvalue weighted by Crippen LogP contribution is -2.46. The maximum atomic E-state index is 15.1. The van der Waals surface area contributed by atoms with E-state index in [0.29, 0.717) is 29.9 Å². The molecule has 170 valence electrons.